The van der Waals surface area contributed by atoms with Gasteiger partial charge < -0.3 is 11.1 Å². The molecule has 0 saturated heterocycles. The largest absolute Gasteiger partial charge is 0.386 e. The van der Waals surface area contributed by atoms with Gasteiger partial charge in [-0.05, 0) is 18.6 Å². The molecule has 0 heterocycles. The Hall–Kier alpha value is -1.62. The second-order valence-electron chi connectivity index (χ2n) is 3.53. The van der Waals surface area contributed by atoms with Crippen molar-refractivity contribution in [1.29, 1.82) is 0 Å². The average molecular weight is 258 g/mol. The first-order valence-electron chi connectivity index (χ1n) is 4.90. The minimum Gasteiger partial charge on any atom is -0.386 e. The summed E-state index contributed by atoms with van der Waals surface area (Å²) in [4.78, 5) is 15.0. The molecule has 0 spiro atoms. The molecule has 0 radical (unpaired) electrons. The van der Waals surface area contributed by atoms with E-state index in [0.29, 0.717) is 11.3 Å². The topological polar surface area (TPSA) is 67.5 Å². The van der Waals surface area contributed by atoms with E-state index in [1.165, 1.54) is 19.1 Å². The Balaban J connectivity index is 3.29. The molecule has 0 aliphatic carbocycles. The molecule has 17 heavy (non-hydrogen) atoms. The molecule has 0 unspecified atom stereocenters. The summed E-state index contributed by atoms with van der Waals surface area (Å²) in [6, 6.07) is 2.50. The van der Waals surface area contributed by atoms with Gasteiger partial charge in [0.05, 0.1) is 17.3 Å². The van der Waals surface area contributed by atoms with Crippen molar-refractivity contribution < 1.29 is 9.18 Å². The highest BCUT2D eigenvalue weighted by molar-refractivity contribution is 6.28. The summed E-state index contributed by atoms with van der Waals surface area (Å²) in [5.41, 5.74) is 6.76. The predicted octanol–water partition coefficient (Wildman–Crippen LogP) is 2.32. The Morgan fingerprint density at radius 1 is 1.59 bits per heavy atom. The Bertz CT molecular complexity index is 474. The summed E-state index contributed by atoms with van der Waals surface area (Å²) in [7, 11) is 0. The lowest BCUT2D eigenvalue weighted by Gasteiger charge is -2.10. The van der Waals surface area contributed by atoms with Gasteiger partial charge in [-0.1, -0.05) is 0 Å². The number of nitrogens with one attached hydrogen (secondary N) is 1. The maximum Gasteiger partial charge on any atom is 0.221 e. The van der Waals surface area contributed by atoms with Gasteiger partial charge in [0.25, 0.3) is 0 Å². The summed E-state index contributed by atoms with van der Waals surface area (Å²) in [5, 5.41) is 2.59. The predicted molar refractivity (Wildman–Crippen MR) is 67.4 cm³/mol. The molecule has 0 bridgehead atoms. The molecule has 1 aromatic rings. The van der Waals surface area contributed by atoms with Crippen molar-refractivity contribution in [3.05, 3.63) is 23.5 Å². The molecule has 0 aliphatic rings. The normalized spacial score (nSPS) is 11.4. The van der Waals surface area contributed by atoms with E-state index < -0.39 is 5.82 Å². The number of anilines is 1. The summed E-state index contributed by atoms with van der Waals surface area (Å²) in [6.45, 7) is 3.03. The van der Waals surface area contributed by atoms with Crippen LogP contribution >= 0.6 is 11.6 Å². The highest BCUT2D eigenvalue weighted by Gasteiger charge is 2.09. The van der Waals surface area contributed by atoms with Gasteiger partial charge in [-0.2, -0.15) is 0 Å². The molecule has 0 aromatic heterocycles. The molecule has 92 valence electrons. The van der Waals surface area contributed by atoms with Crippen LogP contribution in [0.2, 0.25) is 0 Å². The van der Waals surface area contributed by atoms with Gasteiger partial charge in [0.15, 0.2) is 0 Å². The summed E-state index contributed by atoms with van der Waals surface area (Å²) in [6.07, 6.45) is 0. The van der Waals surface area contributed by atoms with Crippen LogP contribution in [0.25, 0.3) is 0 Å². The molecule has 0 atom stereocenters. The molecule has 0 saturated carbocycles. The molecular weight excluding hydrogens is 245 g/mol. The molecule has 1 amide bonds. The number of nitrogens with zero attached hydrogens (tertiary/aromatic N) is 1. The van der Waals surface area contributed by atoms with Crippen molar-refractivity contribution in [3.63, 3.8) is 0 Å². The van der Waals surface area contributed by atoms with Gasteiger partial charge in [0.2, 0.25) is 5.91 Å². The smallest absolute Gasteiger partial charge is 0.221 e. The number of rotatable bonds is 3. The molecule has 1 rings (SSSR count). The fraction of sp³-hybridized carbons (Fsp3) is 0.273. The van der Waals surface area contributed by atoms with Crippen LogP contribution in [0.5, 0.6) is 0 Å². The van der Waals surface area contributed by atoms with Crippen LogP contribution in [0.1, 0.15) is 12.5 Å². The summed E-state index contributed by atoms with van der Waals surface area (Å²) < 4.78 is 13.2. The Morgan fingerprint density at radius 2 is 2.24 bits per heavy atom. The SMILES string of the molecule is CC(=O)Nc1c(C)cc(F)cc1N=C(N)CCl. The molecule has 0 aliphatic heterocycles. The molecule has 3 N–H and O–H groups in total. The highest BCUT2D eigenvalue weighted by Crippen LogP contribution is 2.30. The van der Waals surface area contributed by atoms with Crippen LogP contribution < -0.4 is 11.1 Å². The van der Waals surface area contributed by atoms with Crippen molar-refractivity contribution >= 4 is 34.7 Å². The lowest BCUT2D eigenvalue weighted by atomic mass is 10.1. The Morgan fingerprint density at radius 3 is 2.76 bits per heavy atom. The van der Waals surface area contributed by atoms with Crippen LogP contribution in [-0.4, -0.2) is 17.6 Å². The zero-order valence-corrected chi connectivity index (χ0v) is 10.3. The zero-order valence-electron chi connectivity index (χ0n) is 9.55. The van der Waals surface area contributed by atoms with Crippen molar-refractivity contribution in [3.8, 4) is 0 Å². The number of halogens is 2. The number of amidine groups is 1. The van der Waals surface area contributed by atoms with E-state index >= 15 is 0 Å². The number of hydrogen-bond donors (Lipinski definition) is 2. The quantitative estimate of drug-likeness (QED) is 0.496. The van der Waals surface area contributed by atoms with Gasteiger partial charge in [-0.15, -0.1) is 11.6 Å². The lowest BCUT2D eigenvalue weighted by Crippen LogP contribution is -2.13. The lowest BCUT2D eigenvalue weighted by molar-refractivity contribution is -0.114. The minimum atomic E-state index is -0.447. The highest BCUT2D eigenvalue weighted by atomic mass is 35.5. The van der Waals surface area contributed by atoms with E-state index in [2.05, 4.69) is 10.3 Å². The van der Waals surface area contributed by atoms with Crippen LogP contribution in [0.4, 0.5) is 15.8 Å². The maximum absolute atomic E-state index is 13.2. The Labute approximate surface area is 104 Å². The number of hydrogen-bond acceptors (Lipinski definition) is 2. The first-order chi connectivity index (χ1) is 7.93. The third-order valence-corrected chi connectivity index (χ3v) is 2.26. The molecule has 0 fully saturated rings. The minimum absolute atomic E-state index is 0.0368. The van der Waals surface area contributed by atoms with E-state index in [1.54, 1.807) is 6.92 Å². The fourth-order valence-corrected chi connectivity index (χ4v) is 1.40. The van der Waals surface area contributed by atoms with Gasteiger partial charge in [0, 0.05) is 13.0 Å². The second-order valence-corrected chi connectivity index (χ2v) is 3.80. The fourth-order valence-electron chi connectivity index (χ4n) is 1.34. The van der Waals surface area contributed by atoms with E-state index in [4.69, 9.17) is 17.3 Å². The number of alkyl halides is 1. The Kier molecular flexibility index (Phi) is 4.45. The molecule has 1 aromatic carbocycles. The second kappa shape index (κ2) is 5.63. The third-order valence-electron chi connectivity index (χ3n) is 1.98. The van der Waals surface area contributed by atoms with Crippen molar-refractivity contribution in [1.82, 2.24) is 0 Å². The van der Waals surface area contributed by atoms with Gasteiger partial charge in [-0.3, -0.25) is 4.79 Å². The van der Waals surface area contributed by atoms with Crippen LogP contribution in [-0.2, 0) is 4.79 Å². The number of carbonyl (C=O) groups is 1. The number of nitrogens with two attached hydrogens (primary N) is 1. The van der Waals surface area contributed by atoms with Crippen LogP contribution in [0, 0.1) is 12.7 Å². The molecule has 6 heteroatoms. The van der Waals surface area contributed by atoms with E-state index in [1.807, 2.05) is 0 Å². The van der Waals surface area contributed by atoms with Crippen molar-refractivity contribution in [2.75, 3.05) is 11.2 Å². The number of aliphatic imine (C=N–C) groups is 1. The number of carbonyl (C=O) groups excluding carboxylic acids is 1. The van der Waals surface area contributed by atoms with Gasteiger partial charge in [-0.25, -0.2) is 9.38 Å². The van der Waals surface area contributed by atoms with Crippen molar-refractivity contribution in [2.24, 2.45) is 10.7 Å². The van der Waals surface area contributed by atoms with E-state index in [0.717, 1.165) is 0 Å². The first kappa shape index (κ1) is 13.4. The number of amides is 1. The summed E-state index contributed by atoms with van der Waals surface area (Å²) >= 11 is 5.50. The maximum atomic E-state index is 13.2. The first-order valence-corrected chi connectivity index (χ1v) is 5.44. The number of aryl methyl sites for hydroxylation is 1. The monoisotopic (exact) mass is 257 g/mol. The standard InChI is InChI=1S/C11H13ClFN3O/c1-6-3-8(13)4-9(16-10(14)5-12)11(6)15-7(2)17/h3-4H,5H2,1-2H3,(H2,14,16)(H,15,17). The van der Waals surface area contributed by atoms with Gasteiger partial charge in [0.1, 0.15) is 11.7 Å². The zero-order chi connectivity index (χ0) is 13.0. The number of benzene rings is 1. The van der Waals surface area contributed by atoms with E-state index in [9.17, 15) is 9.18 Å². The molecule has 4 nitrogen and oxygen atoms in total. The third kappa shape index (κ3) is 3.71. The summed E-state index contributed by atoms with van der Waals surface area (Å²) in [5.74, 6) is -0.517. The van der Waals surface area contributed by atoms with Crippen LogP contribution in [0.3, 0.4) is 0 Å². The molecular formula is C11H13ClFN3O. The van der Waals surface area contributed by atoms with Gasteiger partial charge >= 0.3 is 0 Å². The van der Waals surface area contributed by atoms with Crippen molar-refractivity contribution in [2.45, 2.75) is 13.8 Å². The van der Waals surface area contributed by atoms with Crippen LogP contribution in [0.15, 0.2) is 17.1 Å². The van der Waals surface area contributed by atoms with E-state index in [-0.39, 0.29) is 23.3 Å². The average Bonchev–Trinajstić information content (AvgIpc) is 2.22.